The van der Waals surface area contributed by atoms with Gasteiger partial charge in [0.2, 0.25) is 0 Å². The minimum absolute atomic E-state index is 0.239. The first-order valence-corrected chi connectivity index (χ1v) is 8.93. The molecule has 0 saturated heterocycles. The summed E-state index contributed by atoms with van der Waals surface area (Å²) in [6.07, 6.45) is 1.42. The van der Waals surface area contributed by atoms with E-state index in [0.717, 1.165) is 21.8 Å². The standard InChI is InChI=1S/C20H15N3O2S/c1-13-17(11-21-25-13)19(24)22-16-9-7-14(8-10-16)18-12-26-20(23-18)15-5-3-2-4-6-15/h2-12H,1H3,(H,22,24). The van der Waals surface area contributed by atoms with Crippen LogP contribution in [0.25, 0.3) is 21.8 Å². The molecule has 0 aliphatic carbocycles. The topological polar surface area (TPSA) is 68.0 Å². The van der Waals surface area contributed by atoms with Crippen LogP contribution in [0.15, 0.2) is 70.7 Å². The van der Waals surface area contributed by atoms with Crippen molar-refractivity contribution in [2.75, 3.05) is 5.32 Å². The molecule has 0 spiro atoms. The van der Waals surface area contributed by atoms with Crippen molar-refractivity contribution < 1.29 is 9.32 Å². The first-order chi connectivity index (χ1) is 12.7. The zero-order chi connectivity index (χ0) is 17.9. The Labute approximate surface area is 154 Å². The van der Waals surface area contributed by atoms with Gasteiger partial charge in [-0.05, 0) is 19.1 Å². The largest absolute Gasteiger partial charge is 0.361 e. The fourth-order valence-electron chi connectivity index (χ4n) is 2.56. The molecule has 2 aromatic heterocycles. The third-order valence-corrected chi connectivity index (χ3v) is 4.85. The summed E-state index contributed by atoms with van der Waals surface area (Å²) in [5, 5.41) is 9.49. The molecule has 6 heteroatoms. The second-order valence-electron chi connectivity index (χ2n) is 5.73. The van der Waals surface area contributed by atoms with Crippen molar-refractivity contribution >= 4 is 22.9 Å². The number of nitrogens with one attached hydrogen (secondary N) is 1. The van der Waals surface area contributed by atoms with E-state index in [2.05, 4.69) is 10.5 Å². The molecule has 0 radical (unpaired) electrons. The Morgan fingerprint density at radius 1 is 1.04 bits per heavy atom. The van der Waals surface area contributed by atoms with E-state index in [9.17, 15) is 4.79 Å². The molecule has 0 atom stereocenters. The molecule has 5 nitrogen and oxygen atoms in total. The van der Waals surface area contributed by atoms with Crippen molar-refractivity contribution in [2.24, 2.45) is 0 Å². The lowest BCUT2D eigenvalue weighted by atomic mass is 10.1. The molecular weight excluding hydrogens is 346 g/mol. The molecule has 0 saturated carbocycles. The highest BCUT2D eigenvalue weighted by Gasteiger charge is 2.13. The lowest BCUT2D eigenvalue weighted by Crippen LogP contribution is -2.11. The molecule has 2 heterocycles. The number of hydrogen-bond donors (Lipinski definition) is 1. The van der Waals surface area contributed by atoms with Gasteiger partial charge in [0.15, 0.2) is 0 Å². The highest BCUT2D eigenvalue weighted by Crippen LogP contribution is 2.29. The number of carbonyl (C=O) groups is 1. The maximum atomic E-state index is 12.2. The van der Waals surface area contributed by atoms with Crippen LogP contribution in [0.5, 0.6) is 0 Å². The van der Waals surface area contributed by atoms with Gasteiger partial charge in [-0.3, -0.25) is 4.79 Å². The summed E-state index contributed by atoms with van der Waals surface area (Å²) in [7, 11) is 0. The molecule has 0 unspecified atom stereocenters. The van der Waals surface area contributed by atoms with Gasteiger partial charge in [0, 0.05) is 22.2 Å². The highest BCUT2D eigenvalue weighted by molar-refractivity contribution is 7.13. The SMILES string of the molecule is Cc1oncc1C(=O)Nc1ccc(-c2csc(-c3ccccc3)n2)cc1. The first-order valence-electron chi connectivity index (χ1n) is 8.05. The molecule has 0 fully saturated rings. The molecule has 4 aromatic rings. The molecule has 1 amide bonds. The van der Waals surface area contributed by atoms with Crippen LogP contribution in [0.1, 0.15) is 16.1 Å². The zero-order valence-electron chi connectivity index (χ0n) is 14.0. The number of aromatic nitrogens is 2. The molecular formula is C20H15N3O2S. The van der Waals surface area contributed by atoms with Crippen molar-refractivity contribution in [3.8, 4) is 21.8 Å². The molecule has 4 rings (SSSR count). The second kappa shape index (κ2) is 6.93. The maximum absolute atomic E-state index is 12.2. The summed E-state index contributed by atoms with van der Waals surface area (Å²) in [5.41, 5.74) is 4.17. The molecule has 128 valence electrons. The van der Waals surface area contributed by atoms with Crippen LogP contribution in [-0.2, 0) is 0 Å². The fraction of sp³-hybridized carbons (Fsp3) is 0.0500. The maximum Gasteiger partial charge on any atom is 0.260 e. The Bertz CT molecular complexity index is 1040. The molecule has 2 aromatic carbocycles. The van der Waals surface area contributed by atoms with E-state index in [1.54, 1.807) is 18.3 Å². The number of aryl methyl sites for hydroxylation is 1. The van der Waals surface area contributed by atoms with Gasteiger partial charge in [0.25, 0.3) is 5.91 Å². The third-order valence-electron chi connectivity index (χ3n) is 3.96. The van der Waals surface area contributed by atoms with Gasteiger partial charge in [-0.2, -0.15) is 0 Å². The Hall–Kier alpha value is -3.25. The molecule has 1 N–H and O–H groups in total. The van der Waals surface area contributed by atoms with Gasteiger partial charge >= 0.3 is 0 Å². The van der Waals surface area contributed by atoms with Gasteiger partial charge in [0.1, 0.15) is 16.3 Å². The van der Waals surface area contributed by atoms with Crippen molar-refractivity contribution in [1.29, 1.82) is 0 Å². The molecule has 0 aliphatic heterocycles. The van der Waals surface area contributed by atoms with E-state index in [4.69, 9.17) is 9.51 Å². The van der Waals surface area contributed by atoms with Gasteiger partial charge in [-0.1, -0.05) is 47.6 Å². The van der Waals surface area contributed by atoms with Gasteiger partial charge in [-0.15, -0.1) is 11.3 Å². The predicted octanol–water partition coefficient (Wildman–Crippen LogP) is 5.03. The lowest BCUT2D eigenvalue weighted by Gasteiger charge is -2.05. The minimum atomic E-state index is -0.239. The number of rotatable bonds is 4. The molecule has 0 bridgehead atoms. The van der Waals surface area contributed by atoms with Gasteiger partial charge in [-0.25, -0.2) is 4.98 Å². The van der Waals surface area contributed by atoms with Crippen molar-refractivity contribution in [1.82, 2.24) is 10.1 Å². The number of hydrogen-bond acceptors (Lipinski definition) is 5. The Morgan fingerprint density at radius 3 is 2.50 bits per heavy atom. The number of nitrogens with zero attached hydrogens (tertiary/aromatic N) is 2. The van der Waals surface area contributed by atoms with E-state index in [1.165, 1.54) is 6.20 Å². The van der Waals surface area contributed by atoms with E-state index >= 15 is 0 Å². The Kier molecular flexibility index (Phi) is 4.33. The zero-order valence-corrected chi connectivity index (χ0v) is 14.8. The van der Waals surface area contributed by atoms with E-state index < -0.39 is 0 Å². The highest BCUT2D eigenvalue weighted by atomic mass is 32.1. The van der Waals surface area contributed by atoms with Gasteiger partial charge in [0.05, 0.1) is 11.9 Å². The van der Waals surface area contributed by atoms with Crippen LogP contribution >= 0.6 is 11.3 Å². The normalized spacial score (nSPS) is 10.7. The number of thiazole rings is 1. The smallest absolute Gasteiger partial charge is 0.260 e. The van der Waals surface area contributed by atoms with Crippen LogP contribution < -0.4 is 5.32 Å². The summed E-state index contributed by atoms with van der Waals surface area (Å²) in [4.78, 5) is 16.9. The van der Waals surface area contributed by atoms with Crippen molar-refractivity contribution in [2.45, 2.75) is 6.92 Å². The average Bonchev–Trinajstić information content (AvgIpc) is 3.32. The monoisotopic (exact) mass is 361 g/mol. The van der Waals surface area contributed by atoms with Crippen LogP contribution in [0, 0.1) is 6.92 Å². The molecule has 0 aliphatic rings. The number of carbonyl (C=O) groups excluding carboxylic acids is 1. The van der Waals surface area contributed by atoms with Crippen LogP contribution in [0.3, 0.4) is 0 Å². The van der Waals surface area contributed by atoms with E-state index in [0.29, 0.717) is 17.0 Å². The summed E-state index contributed by atoms with van der Waals surface area (Å²) in [5.74, 6) is 0.256. The number of benzene rings is 2. The van der Waals surface area contributed by atoms with Crippen LogP contribution in [0.4, 0.5) is 5.69 Å². The quantitative estimate of drug-likeness (QED) is 0.554. The summed E-state index contributed by atoms with van der Waals surface area (Å²) in [6, 6.07) is 17.7. The van der Waals surface area contributed by atoms with Crippen LogP contribution in [-0.4, -0.2) is 16.0 Å². The Morgan fingerprint density at radius 2 is 1.81 bits per heavy atom. The lowest BCUT2D eigenvalue weighted by molar-refractivity contribution is 0.102. The molecule has 26 heavy (non-hydrogen) atoms. The van der Waals surface area contributed by atoms with E-state index in [1.807, 2.05) is 60.0 Å². The predicted molar refractivity (Wildman–Crippen MR) is 102 cm³/mol. The van der Waals surface area contributed by atoms with Crippen molar-refractivity contribution in [3.05, 3.63) is 77.5 Å². The third kappa shape index (κ3) is 3.27. The fourth-order valence-corrected chi connectivity index (χ4v) is 3.39. The number of amides is 1. The van der Waals surface area contributed by atoms with Crippen molar-refractivity contribution in [3.63, 3.8) is 0 Å². The second-order valence-corrected chi connectivity index (χ2v) is 6.59. The summed E-state index contributed by atoms with van der Waals surface area (Å²) >= 11 is 1.61. The Balaban J connectivity index is 1.51. The van der Waals surface area contributed by atoms with Gasteiger partial charge < -0.3 is 9.84 Å². The summed E-state index contributed by atoms with van der Waals surface area (Å²) < 4.78 is 4.92. The van der Waals surface area contributed by atoms with Crippen LogP contribution in [0.2, 0.25) is 0 Å². The first kappa shape index (κ1) is 16.2. The minimum Gasteiger partial charge on any atom is -0.361 e. The number of anilines is 1. The average molecular weight is 361 g/mol. The van der Waals surface area contributed by atoms with E-state index in [-0.39, 0.29) is 5.91 Å². The summed E-state index contributed by atoms with van der Waals surface area (Å²) in [6.45, 7) is 1.71.